The molecule has 0 bridgehead atoms. The van der Waals surface area contributed by atoms with Crippen molar-refractivity contribution in [2.75, 3.05) is 31.7 Å². The second-order valence-electron chi connectivity index (χ2n) is 10.1. The third-order valence-electron chi connectivity index (χ3n) is 5.89. The zero-order valence-corrected chi connectivity index (χ0v) is 23.1. The molecule has 1 heterocycles. The molecule has 9 heteroatoms. The molecule has 4 rings (SSSR count). The van der Waals surface area contributed by atoms with Crippen LogP contribution in [0.15, 0.2) is 36.4 Å². The van der Waals surface area contributed by atoms with Crippen molar-refractivity contribution in [3.63, 3.8) is 0 Å². The summed E-state index contributed by atoms with van der Waals surface area (Å²) in [6.45, 7) is 11.5. The van der Waals surface area contributed by atoms with Gasteiger partial charge >= 0.3 is 6.09 Å². The first-order valence-electron chi connectivity index (χ1n) is 13.1. The van der Waals surface area contributed by atoms with E-state index in [9.17, 15) is 4.79 Å². The maximum atomic E-state index is 11.9. The molecule has 1 aliphatic carbocycles. The van der Waals surface area contributed by atoms with Crippen LogP contribution in [0.5, 0.6) is 17.2 Å². The Labute approximate surface area is 224 Å². The van der Waals surface area contributed by atoms with E-state index in [1.54, 1.807) is 0 Å². The maximum Gasteiger partial charge on any atom is 0.407 e. The highest BCUT2D eigenvalue weighted by molar-refractivity contribution is 5.82. The molecule has 9 nitrogen and oxygen atoms in total. The molecule has 0 aliphatic heterocycles. The van der Waals surface area contributed by atoms with Crippen molar-refractivity contribution in [1.82, 2.24) is 15.1 Å². The van der Waals surface area contributed by atoms with Crippen molar-refractivity contribution < 1.29 is 23.7 Å². The van der Waals surface area contributed by atoms with Gasteiger partial charge in [0.15, 0.2) is 17.3 Å². The number of alkyl carbamates (subject to hydrolysis) is 1. The minimum Gasteiger partial charge on any atom is -0.494 e. The number of anilines is 2. The molecule has 0 spiro atoms. The smallest absolute Gasteiger partial charge is 0.407 e. The summed E-state index contributed by atoms with van der Waals surface area (Å²) in [5, 5.41) is 11.0. The summed E-state index contributed by atoms with van der Waals surface area (Å²) in [4.78, 5) is 11.9. The molecule has 2 aromatic carbocycles. The van der Waals surface area contributed by atoms with E-state index in [0.717, 1.165) is 40.5 Å². The lowest BCUT2D eigenvalue weighted by Crippen LogP contribution is -2.33. The largest absolute Gasteiger partial charge is 0.494 e. The summed E-state index contributed by atoms with van der Waals surface area (Å²) in [6.07, 6.45) is 0.947. The van der Waals surface area contributed by atoms with Crippen LogP contribution in [0.3, 0.4) is 0 Å². The van der Waals surface area contributed by atoms with Crippen LogP contribution in [-0.4, -0.2) is 47.8 Å². The number of hydrogen-bond donors (Lipinski definition) is 2. The van der Waals surface area contributed by atoms with Gasteiger partial charge in [-0.25, -0.2) is 4.79 Å². The van der Waals surface area contributed by atoms with Gasteiger partial charge in [-0.2, -0.15) is 5.10 Å². The Balaban J connectivity index is 1.47. The summed E-state index contributed by atoms with van der Waals surface area (Å²) in [5.41, 5.74) is 4.84. The lowest BCUT2D eigenvalue weighted by Gasteiger charge is -2.19. The van der Waals surface area contributed by atoms with Crippen LogP contribution >= 0.6 is 0 Å². The molecule has 0 radical (unpaired) electrons. The molecule has 1 aliphatic rings. The summed E-state index contributed by atoms with van der Waals surface area (Å²) < 4.78 is 24.8. The Morgan fingerprint density at radius 1 is 1.05 bits per heavy atom. The van der Waals surface area contributed by atoms with Gasteiger partial charge in [-0.3, -0.25) is 4.68 Å². The van der Waals surface area contributed by atoms with Gasteiger partial charge in [0.25, 0.3) is 0 Å². The van der Waals surface area contributed by atoms with Gasteiger partial charge in [0.05, 0.1) is 25.5 Å². The number of ether oxygens (including phenoxy) is 4. The van der Waals surface area contributed by atoms with Crippen molar-refractivity contribution in [3.05, 3.63) is 47.5 Å². The van der Waals surface area contributed by atoms with Crippen molar-refractivity contribution >= 4 is 17.6 Å². The number of fused-ring (bicyclic) bond motifs is 3. The predicted molar refractivity (Wildman–Crippen MR) is 148 cm³/mol. The average Bonchev–Trinajstić information content (AvgIpc) is 3.35. The molecule has 204 valence electrons. The van der Waals surface area contributed by atoms with Gasteiger partial charge in [0, 0.05) is 42.9 Å². The first-order chi connectivity index (χ1) is 18.2. The van der Waals surface area contributed by atoms with E-state index in [0.29, 0.717) is 44.3 Å². The molecule has 0 saturated heterocycles. The lowest BCUT2D eigenvalue weighted by molar-refractivity contribution is 0.0525. The van der Waals surface area contributed by atoms with E-state index in [1.807, 2.05) is 76.7 Å². The first kappa shape index (κ1) is 27.2. The molecule has 0 atom stereocenters. The van der Waals surface area contributed by atoms with Crippen molar-refractivity contribution in [2.45, 2.75) is 53.1 Å². The van der Waals surface area contributed by atoms with E-state index in [2.05, 4.69) is 16.7 Å². The Kier molecular flexibility index (Phi) is 8.34. The average molecular weight is 523 g/mol. The standard InChI is InChI=1S/C29H38N4O5/c1-7-35-21-12-9-11-20(17-21)31-27-23-15-19-16-24(36-8-2)25(18-22(19)26(23)33(6)32-27)37-14-10-13-30-28(34)38-29(3,4)5/h9,11-12,16-18H,7-8,10,13-15H2,1-6H3,(H,30,34)(H,31,32). The second kappa shape index (κ2) is 11.7. The van der Waals surface area contributed by atoms with Gasteiger partial charge in [0.2, 0.25) is 0 Å². The first-order valence-corrected chi connectivity index (χ1v) is 13.1. The van der Waals surface area contributed by atoms with Gasteiger partial charge in [0.1, 0.15) is 11.4 Å². The number of aromatic nitrogens is 2. The molecule has 1 aromatic heterocycles. The zero-order chi connectivity index (χ0) is 27.3. The number of hydrogen-bond acceptors (Lipinski definition) is 7. The van der Waals surface area contributed by atoms with Gasteiger partial charge < -0.3 is 29.6 Å². The molecule has 0 unspecified atom stereocenters. The van der Waals surface area contributed by atoms with E-state index >= 15 is 0 Å². The van der Waals surface area contributed by atoms with Gasteiger partial charge in [-0.05, 0) is 70.9 Å². The Bertz CT molecular complexity index is 1280. The molecule has 3 aromatic rings. The minimum atomic E-state index is -0.523. The van der Waals surface area contributed by atoms with Gasteiger partial charge in [-0.15, -0.1) is 0 Å². The van der Waals surface area contributed by atoms with Crippen LogP contribution < -0.4 is 24.8 Å². The number of nitrogens with zero attached hydrogens (tertiary/aromatic N) is 2. The monoisotopic (exact) mass is 522 g/mol. The number of amides is 1. The number of rotatable bonds is 11. The highest BCUT2D eigenvalue weighted by Gasteiger charge is 2.29. The van der Waals surface area contributed by atoms with Crippen LogP contribution in [0.4, 0.5) is 16.3 Å². The van der Waals surface area contributed by atoms with Crippen molar-refractivity contribution in [3.8, 4) is 28.5 Å². The third-order valence-corrected chi connectivity index (χ3v) is 5.89. The van der Waals surface area contributed by atoms with Crippen LogP contribution in [-0.2, 0) is 18.2 Å². The fourth-order valence-electron chi connectivity index (χ4n) is 4.44. The van der Waals surface area contributed by atoms with Gasteiger partial charge in [-0.1, -0.05) is 6.07 Å². The molecule has 38 heavy (non-hydrogen) atoms. The Hall–Kier alpha value is -3.88. The van der Waals surface area contributed by atoms with E-state index in [4.69, 9.17) is 24.0 Å². The predicted octanol–water partition coefficient (Wildman–Crippen LogP) is 5.83. The quantitative estimate of drug-likeness (QED) is 0.239. The van der Waals surface area contributed by atoms with E-state index in [-0.39, 0.29) is 0 Å². The van der Waals surface area contributed by atoms with Crippen LogP contribution in [0.1, 0.15) is 52.2 Å². The topological polar surface area (TPSA) is 95.9 Å². The fraction of sp³-hybridized carbons (Fsp3) is 0.448. The molecular formula is C29H38N4O5. The van der Waals surface area contributed by atoms with E-state index in [1.165, 1.54) is 5.56 Å². The third kappa shape index (κ3) is 6.51. The van der Waals surface area contributed by atoms with Crippen LogP contribution in [0.2, 0.25) is 0 Å². The lowest BCUT2D eigenvalue weighted by atomic mass is 10.1. The number of aryl methyl sites for hydroxylation is 1. The SMILES string of the molecule is CCOc1cccc(Nc2nn(C)c3c2Cc2cc(OCC)c(OCCCNC(=O)OC(C)(C)C)cc2-3)c1. The van der Waals surface area contributed by atoms with Crippen LogP contribution in [0, 0.1) is 0 Å². The number of carbonyl (C=O) groups excluding carboxylic acids is 1. The van der Waals surface area contributed by atoms with E-state index < -0.39 is 11.7 Å². The maximum absolute atomic E-state index is 11.9. The number of nitrogens with one attached hydrogen (secondary N) is 2. The van der Waals surface area contributed by atoms with Crippen molar-refractivity contribution in [1.29, 1.82) is 0 Å². The molecule has 0 fully saturated rings. The summed E-state index contributed by atoms with van der Waals surface area (Å²) in [5.74, 6) is 3.03. The normalized spacial score (nSPS) is 11.9. The molecule has 2 N–H and O–H groups in total. The summed E-state index contributed by atoms with van der Waals surface area (Å²) >= 11 is 0. The highest BCUT2D eigenvalue weighted by Crippen LogP contribution is 2.45. The highest BCUT2D eigenvalue weighted by atomic mass is 16.6. The Morgan fingerprint density at radius 3 is 2.55 bits per heavy atom. The van der Waals surface area contributed by atoms with Crippen molar-refractivity contribution in [2.24, 2.45) is 7.05 Å². The molecule has 1 amide bonds. The summed E-state index contributed by atoms with van der Waals surface area (Å²) in [7, 11) is 1.95. The zero-order valence-electron chi connectivity index (χ0n) is 23.1. The number of carbonyl (C=O) groups is 1. The number of benzene rings is 2. The minimum absolute atomic E-state index is 0.426. The summed E-state index contributed by atoms with van der Waals surface area (Å²) in [6, 6.07) is 12.0. The Morgan fingerprint density at radius 2 is 1.82 bits per heavy atom. The van der Waals surface area contributed by atoms with Crippen LogP contribution in [0.25, 0.3) is 11.3 Å². The molecule has 0 saturated carbocycles. The fourth-order valence-corrected chi connectivity index (χ4v) is 4.44. The second-order valence-corrected chi connectivity index (χ2v) is 10.1. The molecular weight excluding hydrogens is 484 g/mol.